The predicted molar refractivity (Wildman–Crippen MR) is 54.1 cm³/mol. The van der Waals surface area contributed by atoms with Crippen molar-refractivity contribution in [3.8, 4) is 0 Å². The number of hydrogen-bond donors (Lipinski definition) is 1. The zero-order chi connectivity index (χ0) is 11.3. The van der Waals surface area contributed by atoms with Crippen LogP contribution in [-0.2, 0) is 19.0 Å². The Labute approximate surface area is 89.9 Å². The fraction of sp³-hybridized carbons (Fsp3) is 0.900. The van der Waals surface area contributed by atoms with E-state index < -0.39 is 0 Å². The van der Waals surface area contributed by atoms with Crippen molar-refractivity contribution in [2.45, 2.75) is 44.4 Å². The maximum atomic E-state index is 10.9. The van der Waals surface area contributed by atoms with E-state index in [0.717, 1.165) is 19.3 Å². The van der Waals surface area contributed by atoms with Crippen LogP contribution in [0.5, 0.6) is 0 Å². The Morgan fingerprint density at radius 2 is 2.20 bits per heavy atom. The van der Waals surface area contributed by atoms with E-state index in [9.17, 15) is 4.79 Å². The molecule has 0 heterocycles. The lowest BCUT2D eigenvalue weighted by molar-refractivity contribution is -0.170. The summed E-state index contributed by atoms with van der Waals surface area (Å²) in [5.74, 6) is -0.292. The third-order valence-corrected chi connectivity index (χ3v) is 2.51. The first-order valence-electron chi connectivity index (χ1n) is 5.18. The molecule has 0 aliphatic heterocycles. The van der Waals surface area contributed by atoms with Gasteiger partial charge in [0.1, 0.15) is 19.0 Å². The fourth-order valence-corrected chi connectivity index (χ4v) is 1.88. The minimum atomic E-state index is -0.292. The highest BCUT2D eigenvalue weighted by Crippen LogP contribution is 2.23. The summed E-state index contributed by atoms with van der Waals surface area (Å²) in [5, 5.41) is 0. The molecule has 0 unspecified atom stereocenters. The summed E-state index contributed by atoms with van der Waals surface area (Å²) in [4.78, 5) is 10.9. The summed E-state index contributed by atoms with van der Waals surface area (Å²) in [5.41, 5.74) is 5.91. The lowest BCUT2D eigenvalue weighted by Gasteiger charge is -2.34. The molecule has 1 aliphatic rings. The first kappa shape index (κ1) is 12.4. The summed E-state index contributed by atoms with van der Waals surface area (Å²) >= 11 is 0. The molecule has 0 aromatic heterocycles. The van der Waals surface area contributed by atoms with Gasteiger partial charge >= 0.3 is 5.97 Å². The molecule has 5 nitrogen and oxygen atoms in total. The minimum Gasteiger partial charge on any atom is -0.460 e. The van der Waals surface area contributed by atoms with Gasteiger partial charge in [-0.1, -0.05) is 0 Å². The molecule has 0 spiro atoms. The van der Waals surface area contributed by atoms with Crippen LogP contribution in [0.3, 0.4) is 0 Å². The number of hydrogen-bond acceptors (Lipinski definition) is 5. The highest BCUT2D eigenvalue weighted by atomic mass is 16.7. The summed E-state index contributed by atoms with van der Waals surface area (Å²) in [7, 11) is 1.55. The fourth-order valence-electron chi connectivity index (χ4n) is 1.88. The first-order valence-corrected chi connectivity index (χ1v) is 5.18. The second-order valence-corrected chi connectivity index (χ2v) is 3.78. The first-order chi connectivity index (χ1) is 7.15. The molecule has 1 rings (SSSR count). The predicted octanol–water partition coefficient (Wildman–Crippen LogP) is 0.418. The molecule has 3 atom stereocenters. The van der Waals surface area contributed by atoms with E-state index in [2.05, 4.69) is 0 Å². The maximum absolute atomic E-state index is 10.9. The van der Waals surface area contributed by atoms with Gasteiger partial charge in [-0.15, -0.1) is 0 Å². The molecular weight excluding hydrogens is 198 g/mol. The summed E-state index contributed by atoms with van der Waals surface area (Å²) in [6, 6.07) is -0.0850. The molecule has 2 N–H and O–H groups in total. The molecule has 5 heteroatoms. The van der Waals surface area contributed by atoms with Gasteiger partial charge in [0.2, 0.25) is 0 Å². The summed E-state index contributed by atoms with van der Waals surface area (Å²) in [6.45, 7) is 1.57. The second-order valence-electron chi connectivity index (χ2n) is 3.78. The van der Waals surface area contributed by atoms with Crippen molar-refractivity contribution in [3.63, 3.8) is 0 Å². The molecule has 0 amide bonds. The van der Waals surface area contributed by atoms with Crippen molar-refractivity contribution in [2.24, 2.45) is 5.73 Å². The number of ether oxygens (including phenoxy) is 3. The van der Waals surface area contributed by atoms with E-state index in [4.69, 9.17) is 19.9 Å². The van der Waals surface area contributed by atoms with E-state index >= 15 is 0 Å². The van der Waals surface area contributed by atoms with Gasteiger partial charge in [0.25, 0.3) is 0 Å². The minimum absolute atomic E-state index is 0.0850. The number of esters is 1. The topological polar surface area (TPSA) is 70.8 Å². The lowest BCUT2D eigenvalue weighted by Crippen LogP contribution is -2.49. The van der Waals surface area contributed by atoms with Crippen LogP contribution in [0.2, 0.25) is 0 Å². The Balaban J connectivity index is 2.51. The van der Waals surface area contributed by atoms with Crippen LogP contribution >= 0.6 is 0 Å². The molecule has 88 valence electrons. The maximum Gasteiger partial charge on any atom is 0.302 e. The average molecular weight is 217 g/mol. The van der Waals surface area contributed by atoms with Gasteiger partial charge in [-0.3, -0.25) is 4.79 Å². The smallest absolute Gasteiger partial charge is 0.302 e. The Kier molecular flexibility index (Phi) is 5.01. The van der Waals surface area contributed by atoms with E-state index in [-0.39, 0.29) is 31.0 Å². The van der Waals surface area contributed by atoms with Gasteiger partial charge < -0.3 is 19.9 Å². The highest BCUT2D eigenvalue weighted by Gasteiger charge is 2.34. The van der Waals surface area contributed by atoms with Crippen molar-refractivity contribution in [1.82, 2.24) is 0 Å². The molecule has 0 saturated heterocycles. The Morgan fingerprint density at radius 1 is 1.47 bits per heavy atom. The zero-order valence-electron chi connectivity index (χ0n) is 9.27. The molecule has 1 aliphatic carbocycles. The molecular formula is C10H19NO4. The molecule has 0 bridgehead atoms. The number of rotatable bonds is 4. The number of methoxy groups -OCH3 is 1. The van der Waals surface area contributed by atoms with Gasteiger partial charge in [-0.25, -0.2) is 0 Å². The third kappa shape index (κ3) is 3.77. The largest absolute Gasteiger partial charge is 0.460 e. The van der Waals surface area contributed by atoms with Crippen molar-refractivity contribution in [2.75, 3.05) is 13.9 Å². The molecule has 1 fully saturated rings. The van der Waals surface area contributed by atoms with Crippen LogP contribution in [0.25, 0.3) is 0 Å². The molecule has 15 heavy (non-hydrogen) atoms. The summed E-state index contributed by atoms with van der Waals surface area (Å²) in [6.07, 6.45) is 2.18. The molecule has 0 aromatic carbocycles. The van der Waals surface area contributed by atoms with Crippen molar-refractivity contribution >= 4 is 5.97 Å². The number of carbonyl (C=O) groups is 1. The van der Waals surface area contributed by atoms with Crippen molar-refractivity contribution in [1.29, 1.82) is 0 Å². The molecule has 0 aromatic rings. The van der Waals surface area contributed by atoms with E-state index in [1.807, 2.05) is 0 Å². The van der Waals surface area contributed by atoms with Crippen LogP contribution < -0.4 is 5.73 Å². The molecule has 1 saturated carbocycles. The second kappa shape index (κ2) is 6.05. The van der Waals surface area contributed by atoms with Gasteiger partial charge in [0, 0.05) is 20.1 Å². The lowest BCUT2D eigenvalue weighted by atomic mass is 9.90. The normalized spacial score (nSPS) is 31.3. The van der Waals surface area contributed by atoms with Gasteiger partial charge in [-0.2, -0.15) is 0 Å². The van der Waals surface area contributed by atoms with Crippen LogP contribution in [0.1, 0.15) is 26.2 Å². The van der Waals surface area contributed by atoms with E-state index in [0.29, 0.717) is 0 Å². The van der Waals surface area contributed by atoms with Crippen LogP contribution in [0, 0.1) is 0 Å². The monoisotopic (exact) mass is 217 g/mol. The van der Waals surface area contributed by atoms with Crippen LogP contribution in [0.4, 0.5) is 0 Å². The Bertz CT molecular complexity index is 210. The van der Waals surface area contributed by atoms with Crippen LogP contribution in [0.15, 0.2) is 0 Å². The van der Waals surface area contributed by atoms with E-state index in [1.165, 1.54) is 6.92 Å². The van der Waals surface area contributed by atoms with Crippen molar-refractivity contribution < 1.29 is 19.0 Å². The SMILES string of the molecule is COCO[C@@H]1[C@@H](OC(C)=O)CCC[C@@H]1N. The van der Waals surface area contributed by atoms with E-state index in [1.54, 1.807) is 7.11 Å². The van der Waals surface area contributed by atoms with Gasteiger partial charge in [0.05, 0.1) is 0 Å². The van der Waals surface area contributed by atoms with Gasteiger partial charge in [-0.05, 0) is 19.3 Å². The molecule has 0 radical (unpaired) electrons. The van der Waals surface area contributed by atoms with Crippen molar-refractivity contribution in [3.05, 3.63) is 0 Å². The average Bonchev–Trinajstić information content (AvgIpc) is 2.16. The third-order valence-electron chi connectivity index (χ3n) is 2.51. The standard InChI is InChI=1S/C10H19NO4/c1-7(12)15-9-5-3-4-8(11)10(9)14-6-13-2/h8-10H,3-6,11H2,1-2H3/t8-,9-,10-/m0/s1. The Morgan fingerprint density at radius 3 is 2.80 bits per heavy atom. The number of carbonyl (C=O) groups excluding carboxylic acids is 1. The van der Waals surface area contributed by atoms with Crippen LogP contribution in [-0.4, -0.2) is 38.1 Å². The highest BCUT2D eigenvalue weighted by molar-refractivity contribution is 5.66. The van der Waals surface area contributed by atoms with Gasteiger partial charge in [0.15, 0.2) is 0 Å². The number of nitrogens with two attached hydrogens (primary N) is 1. The quantitative estimate of drug-likeness (QED) is 0.546. The Hall–Kier alpha value is -0.650. The summed E-state index contributed by atoms with van der Waals surface area (Å²) < 4.78 is 15.4. The zero-order valence-corrected chi connectivity index (χ0v) is 9.27.